The number of nitrogens with zero attached hydrogens (tertiary/aromatic N) is 2. The molecule has 1 rings (SSSR count). The fourth-order valence-electron chi connectivity index (χ4n) is 2.15. The Labute approximate surface area is 131 Å². The van der Waals surface area contributed by atoms with E-state index in [0.717, 1.165) is 0 Å². The first-order chi connectivity index (χ1) is 10.4. The molecule has 0 saturated heterocycles. The van der Waals surface area contributed by atoms with Crippen LogP contribution in [0.2, 0.25) is 0 Å². The third-order valence-electron chi connectivity index (χ3n) is 3.29. The Balaban J connectivity index is 0.000000763. The summed E-state index contributed by atoms with van der Waals surface area (Å²) >= 11 is 0. The zero-order chi connectivity index (χ0) is 16.8. The lowest BCUT2D eigenvalue weighted by Gasteiger charge is -1.97. The van der Waals surface area contributed by atoms with Crippen LogP contribution in [0.15, 0.2) is 18.7 Å². The van der Waals surface area contributed by atoms with Crippen molar-refractivity contribution in [2.24, 2.45) is 0 Å². The number of aromatic nitrogens is 2. The molecule has 22 heavy (non-hydrogen) atoms. The molecule has 0 aliphatic carbocycles. The van der Waals surface area contributed by atoms with Crippen LogP contribution in [0, 0.1) is 0 Å². The number of rotatable bonds is 10. The number of halogens is 4. The molecule has 0 unspecified atom stereocenters. The molecule has 0 spiro atoms. The van der Waals surface area contributed by atoms with Gasteiger partial charge in [-0.2, -0.15) is 0 Å². The number of imidazole rings is 1. The molecule has 130 valence electrons. The van der Waals surface area contributed by atoms with Crippen molar-refractivity contribution in [3.63, 3.8) is 0 Å². The van der Waals surface area contributed by atoms with E-state index in [4.69, 9.17) is 0 Å². The average Bonchev–Trinajstić information content (AvgIpc) is 2.86. The fraction of sp³-hybridized carbons (Fsp3) is 0.800. The third kappa shape index (κ3) is 15.4. The van der Waals surface area contributed by atoms with Crippen LogP contribution in [0.3, 0.4) is 0 Å². The molecule has 7 heteroatoms. The van der Waals surface area contributed by atoms with Gasteiger partial charge in [-0.25, -0.2) is 9.13 Å². The highest BCUT2D eigenvalue weighted by molar-refractivity contribution is 6.50. The molecule has 0 aliphatic rings. The van der Waals surface area contributed by atoms with Crippen molar-refractivity contribution in [2.75, 3.05) is 0 Å². The highest BCUT2D eigenvalue weighted by Gasteiger charge is 2.20. The van der Waals surface area contributed by atoms with Crippen LogP contribution in [-0.4, -0.2) is 11.8 Å². The largest absolute Gasteiger partial charge is 0.673 e. The van der Waals surface area contributed by atoms with E-state index in [1.165, 1.54) is 64.5 Å². The Morgan fingerprint density at radius 3 is 1.95 bits per heavy atom. The molecule has 0 aliphatic heterocycles. The highest BCUT2D eigenvalue weighted by Crippen LogP contribution is 2.06. The van der Waals surface area contributed by atoms with E-state index >= 15 is 0 Å². The summed E-state index contributed by atoms with van der Waals surface area (Å²) in [5.41, 5.74) is 0. The Kier molecular flexibility index (Phi) is 12.0. The van der Waals surface area contributed by atoms with Gasteiger partial charge in [-0.05, 0) is 25.7 Å². The van der Waals surface area contributed by atoms with E-state index in [9.17, 15) is 17.3 Å². The van der Waals surface area contributed by atoms with E-state index in [1.54, 1.807) is 0 Å². The summed E-state index contributed by atoms with van der Waals surface area (Å²) in [6.45, 7) is 6.89. The quantitative estimate of drug-likeness (QED) is 0.241. The Hall–Kier alpha value is -1.01. The van der Waals surface area contributed by atoms with Crippen molar-refractivity contribution in [3.8, 4) is 0 Å². The van der Waals surface area contributed by atoms with Crippen LogP contribution in [0.4, 0.5) is 17.3 Å². The lowest BCUT2D eigenvalue weighted by Crippen LogP contribution is -2.30. The smallest absolute Gasteiger partial charge is 0.418 e. The number of hydrogen-bond acceptors (Lipinski definition) is 0. The van der Waals surface area contributed by atoms with Crippen molar-refractivity contribution >= 4 is 7.25 Å². The molecule has 0 amide bonds. The molecule has 0 saturated carbocycles. The van der Waals surface area contributed by atoms with E-state index in [1.807, 2.05) is 0 Å². The van der Waals surface area contributed by atoms with Gasteiger partial charge in [0.25, 0.3) is 0 Å². The molecule has 0 bridgehead atoms. The predicted octanol–water partition coefficient (Wildman–Crippen LogP) is 5.24. The lowest BCUT2D eigenvalue weighted by atomic mass is 10.2. The van der Waals surface area contributed by atoms with Gasteiger partial charge in [-0.15, -0.1) is 0 Å². The normalized spacial score (nSPS) is 11.2. The summed E-state index contributed by atoms with van der Waals surface area (Å²) in [6, 6.07) is 0. The maximum absolute atomic E-state index is 9.75. The fourth-order valence-corrected chi connectivity index (χ4v) is 2.15. The van der Waals surface area contributed by atoms with Crippen molar-refractivity contribution in [3.05, 3.63) is 18.7 Å². The molecule has 0 N–H and O–H groups in total. The summed E-state index contributed by atoms with van der Waals surface area (Å²) in [5, 5.41) is 0. The number of aryl methyl sites for hydroxylation is 2. The summed E-state index contributed by atoms with van der Waals surface area (Å²) in [6.07, 6.45) is 17.4. The van der Waals surface area contributed by atoms with Gasteiger partial charge in [0.1, 0.15) is 12.4 Å². The van der Waals surface area contributed by atoms with Crippen LogP contribution in [-0.2, 0) is 13.1 Å². The monoisotopic (exact) mass is 324 g/mol. The van der Waals surface area contributed by atoms with Gasteiger partial charge in [0.2, 0.25) is 6.33 Å². The zero-order valence-electron chi connectivity index (χ0n) is 13.8. The van der Waals surface area contributed by atoms with Gasteiger partial charge < -0.3 is 17.3 Å². The lowest BCUT2D eigenvalue weighted by molar-refractivity contribution is -0.696. The minimum Gasteiger partial charge on any atom is -0.418 e. The summed E-state index contributed by atoms with van der Waals surface area (Å²) < 4.78 is 43.7. The Morgan fingerprint density at radius 2 is 1.41 bits per heavy atom. The van der Waals surface area contributed by atoms with E-state index in [-0.39, 0.29) is 0 Å². The van der Waals surface area contributed by atoms with Crippen LogP contribution < -0.4 is 4.57 Å². The van der Waals surface area contributed by atoms with E-state index < -0.39 is 7.25 Å². The molecular formula is C15H29BF4N2. The van der Waals surface area contributed by atoms with Gasteiger partial charge in [-0.1, -0.05) is 39.5 Å². The van der Waals surface area contributed by atoms with Crippen LogP contribution in [0.25, 0.3) is 0 Å². The van der Waals surface area contributed by atoms with Gasteiger partial charge in [0.15, 0.2) is 0 Å². The van der Waals surface area contributed by atoms with Gasteiger partial charge in [0, 0.05) is 0 Å². The van der Waals surface area contributed by atoms with Crippen molar-refractivity contribution in [2.45, 2.75) is 78.3 Å². The van der Waals surface area contributed by atoms with Gasteiger partial charge >= 0.3 is 7.25 Å². The second-order valence-corrected chi connectivity index (χ2v) is 5.51. The predicted molar refractivity (Wildman–Crippen MR) is 83.1 cm³/mol. The van der Waals surface area contributed by atoms with Crippen molar-refractivity contribution in [1.29, 1.82) is 0 Å². The first kappa shape index (κ1) is 21.0. The SMILES string of the molecule is CCCCCCn1cc[n+](CCCCCC)c1.F[B-](F)(F)F. The van der Waals surface area contributed by atoms with Crippen LogP contribution in [0.1, 0.15) is 65.2 Å². The first-order valence-corrected chi connectivity index (χ1v) is 8.29. The molecule has 0 atom stereocenters. The molecule has 0 radical (unpaired) electrons. The second kappa shape index (κ2) is 12.5. The van der Waals surface area contributed by atoms with Gasteiger partial charge in [-0.3, -0.25) is 0 Å². The van der Waals surface area contributed by atoms with Crippen LogP contribution in [0.5, 0.6) is 0 Å². The number of hydrogen-bond donors (Lipinski definition) is 0. The molecule has 1 aromatic rings. The maximum Gasteiger partial charge on any atom is 0.673 e. The molecule has 0 aromatic carbocycles. The summed E-state index contributed by atoms with van der Waals surface area (Å²) in [5.74, 6) is 0. The molecule has 2 nitrogen and oxygen atoms in total. The van der Waals surface area contributed by atoms with E-state index in [0.29, 0.717) is 0 Å². The highest BCUT2D eigenvalue weighted by atomic mass is 19.5. The summed E-state index contributed by atoms with van der Waals surface area (Å²) in [4.78, 5) is 0. The first-order valence-electron chi connectivity index (χ1n) is 8.29. The summed E-state index contributed by atoms with van der Waals surface area (Å²) in [7, 11) is -6.00. The third-order valence-corrected chi connectivity index (χ3v) is 3.29. The zero-order valence-corrected chi connectivity index (χ0v) is 13.8. The number of unbranched alkanes of at least 4 members (excludes halogenated alkanes) is 6. The minimum atomic E-state index is -6.00. The Morgan fingerprint density at radius 1 is 0.864 bits per heavy atom. The Bertz CT molecular complexity index is 334. The second-order valence-electron chi connectivity index (χ2n) is 5.51. The van der Waals surface area contributed by atoms with E-state index in [2.05, 4.69) is 41.7 Å². The standard InChI is InChI=1S/C15H29N2.BF4/c1-3-5-7-9-11-16-13-14-17(15-16)12-10-8-6-4-2;2-1(3,4)5/h13-15H,3-12H2,1-2H3;/q+1;-1. The average molecular weight is 324 g/mol. The minimum absolute atomic E-state index is 1.18. The molecule has 1 aromatic heterocycles. The van der Waals surface area contributed by atoms with Crippen LogP contribution >= 0.6 is 0 Å². The molecule has 0 fully saturated rings. The topological polar surface area (TPSA) is 8.81 Å². The molecular weight excluding hydrogens is 295 g/mol. The van der Waals surface area contributed by atoms with Crippen molar-refractivity contribution in [1.82, 2.24) is 4.57 Å². The maximum atomic E-state index is 9.75. The van der Waals surface area contributed by atoms with Crippen molar-refractivity contribution < 1.29 is 21.8 Å². The van der Waals surface area contributed by atoms with Gasteiger partial charge in [0.05, 0.1) is 13.1 Å². The molecule has 1 heterocycles.